The molecule has 0 saturated carbocycles. The van der Waals surface area contributed by atoms with Gasteiger partial charge in [-0.25, -0.2) is 15.0 Å². The fourth-order valence-electron chi connectivity index (χ4n) is 5.45. The van der Waals surface area contributed by atoms with Crippen molar-refractivity contribution in [3.63, 3.8) is 0 Å². The number of aromatic amines is 1. The number of benzene rings is 2. The Kier molecular flexibility index (Phi) is 5.56. The van der Waals surface area contributed by atoms with Crippen LogP contribution in [-0.2, 0) is 13.6 Å². The largest absolute Gasteiger partial charge is 0.493 e. The van der Waals surface area contributed by atoms with Gasteiger partial charge in [0.25, 0.3) is 5.91 Å². The Bertz CT molecular complexity index is 1970. The summed E-state index contributed by atoms with van der Waals surface area (Å²) in [7, 11) is 1.89. The number of anilines is 3. The quantitative estimate of drug-likeness (QED) is 0.257. The average Bonchev–Trinajstić information content (AvgIpc) is 3.64. The maximum absolute atomic E-state index is 13.7. The number of pyridine rings is 1. The van der Waals surface area contributed by atoms with E-state index in [0.717, 1.165) is 55.8 Å². The summed E-state index contributed by atoms with van der Waals surface area (Å²) < 4.78 is 1.79. The number of carbonyl (C=O) groups excluding carboxylic acids is 1. The zero-order valence-electron chi connectivity index (χ0n) is 22.7. The van der Waals surface area contributed by atoms with Gasteiger partial charge in [0.2, 0.25) is 11.8 Å². The molecule has 1 amide bonds. The molecule has 202 valence electrons. The molecule has 0 radical (unpaired) electrons. The van der Waals surface area contributed by atoms with E-state index < -0.39 is 0 Å². The standard InChI is InChI=1S/C31H26N8O2/c1-17-14-34-31(35-26-12-18(2)38(3)37-26)36-28(17)23-15-33-29-21(23)7-5-9-25(29)39-16-24-20(6-4-8-22(24)30(39)41)19-10-11-32-27(40)13-19/h4-15,33H,16H2,1-3H3,(H,32,40)(H,34,35,36,37). The molecule has 0 saturated heterocycles. The molecular weight excluding hydrogens is 516 g/mol. The molecule has 2 aromatic carbocycles. The molecule has 0 atom stereocenters. The number of nitrogens with one attached hydrogen (secondary N) is 2. The number of rotatable bonds is 5. The lowest BCUT2D eigenvalue weighted by molar-refractivity contribution is 0.0997. The Hall–Kier alpha value is -5.51. The Morgan fingerprint density at radius 1 is 1.00 bits per heavy atom. The van der Waals surface area contributed by atoms with E-state index in [9.17, 15) is 9.90 Å². The fraction of sp³-hybridized carbons (Fsp3) is 0.129. The summed E-state index contributed by atoms with van der Waals surface area (Å²) in [4.78, 5) is 32.1. The minimum absolute atomic E-state index is 0.0570. The second kappa shape index (κ2) is 9.30. The second-order valence-electron chi connectivity index (χ2n) is 10.2. The van der Waals surface area contributed by atoms with Crippen molar-refractivity contribution in [2.24, 2.45) is 7.05 Å². The number of H-pyrrole nitrogens is 1. The first-order valence-electron chi connectivity index (χ1n) is 13.2. The van der Waals surface area contributed by atoms with Gasteiger partial charge in [0.15, 0.2) is 5.82 Å². The van der Waals surface area contributed by atoms with Crippen molar-refractivity contribution >= 4 is 34.3 Å². The highest BCUT2D eigenvalue weighted by atomic mass is 16.3. The lowest BCUT2D eigenvalue weighted by Crippen LogP contribution is -2.23. The molecule has 0 bridgehead atoms. The van der Waals surface area contributed by atoms with Crippen molar-refractivity contribution in [3.05, 3.63) is 95.6 Å². The molecule has 10 nitrogen and oxygen atoms in total. The molecule has 0 unspecified atom stereocenters. The first-order valence-corrected chi connectivity index (χ1v) is 13.2. The van der Waals surface area contributed by atoms with Crippen LogP contribution in [0, 0.1) is 13.8 Å². The maximum atomic E-state index is 13.7. The Morgan fingerprint density at radius 3 is 2.63 bits per heavy atom. The van der Waals surface area contributed by atoms with Crippen molar-refractivity contribution in [3.8, 4) is 28.3 Å². The number of aryl methyl sites for hydroxylation is 3. The van der Waals surface area contributed by atoms with Gasteiger partial charge in [-0.05, 0) is 54.3 Å². The van der Waals surface area contributed by atoms with E-state index in [0.29, 0.717) is 23.9 Å². The van der Waals surface area contributed by atoms with Crippen LogP contribution in [-0.4, -0.2) is 40.7 Å². The van der Waals surface area contributed by atoms with E-state index in [1.54, 1.807) is 28.0 Å². The summed E-state index contributed by atoms with van der Waals surface area (Å²) in [6.07, 6.45) is 5.28. The predicted molar refractivity (Wildman–Crippen MR) is 157 cm³/mol. The number of hydrogen-bond donors (Lipinski definition) is 3. The van der Waals surface area contributed by atoms with E-state index >= 15 is 0 Å². The van der Waals surface area contributed by atoms with Crippen LogP contribution in [0.1, 0.15) is 27.2 Å². The zero-order valence-corrected chi connectivity index (χ0v) is 22.7. The molecule has 3 N–H and O–H groups in total. The number of hydrogen-bond acceptors (Lipinski definition) is 7. The van der Waals surface area contributed by atoms with Gasteiger partial charge in [0.1, 0.15) is 0 Å². The normalized spacial score (nSPS) is 12.8. The highest BCUT2D eigenvalue weighted by Gasteiger charge is 2.32. The van der Waals surface area contributed by atoms with Gasteiger partial charge in [0, 0.05) is 60.0 Å². The Labute approximate surface area is 235 Å². The average molecular weight is 543 g/mol. The van der Waals surface area contributed by atoms with Crippen LogP contribution in [0.25, 0.3) is 33.3 Å². The lowest BCUT2D eigenvalue weighted by atomic mass is 9.98. The number of aromatic hydroxyl groups is 1. The van der Waals surface area contributed by atoms with E-state index in [1.807, 2.05) is 75.6 Å². The summed E-state index contributed by atoms with van der Waals surface area (Å²) >= 11 is 0. The molecule has 6 aromatic rings. The van der Waals surface area contributed by atoms with Crippen LogP contribution in [0.4, 0.5) is 17.5 Å². The fourth-order valence-corrected chi connectivity index (χ4v) is 5.45. The summed E-state index contributed by atoms with van der Waals surface area (Å²) in [5, 5.41) is 18.5. The van der Waals surface area contributed by atoms with Crippen LogP contribution in [0.2, 0.25) is 0 Å². The predicted octanol–water partition coefficient (Wildman–Crippen LogP) is 5.65. The molecule has 10 heteroatoms. The molecule has 4 aromatic heterocycles. The number of carbonyl (C=O) groups is 1. The monoisotopic (exact) mass is 542 g/mol. The van der Waals surface area contributed by atoms with Crippen LogP contribution in [0.15, 0.2) is 73.2 Å². The summed E-state index contributed by atoms with van der Waals surface area (Å²) in [5.74, 6) is 1.00. The van der Waals surface area contributed by atoms with E-state index in [1.165, 1.54) is 0 Å². The molecule has 0 spiro atoms. The van der Waals surface area contributed by atoms with Gasteiger partial charge >= 0.3 is 0 Å². The van der Waals surface area contributed by atoms with Gasteiger partial charge in [-0.2, -0.15) is 5.10 Å². The lowest BCUT2D eigenvalue weighted by Gasteiger charge is -2.17. The van der Waals surface area contributed by atoms with E-state index in [4.69, 9.17) is 4.98 Å². The molecule has 1 aliphatic rings. The Balaban J connectivity index is 1.26. The van der Waals surface area contributed by atoms with Gasteiger partial charge < -0.3 is 20.3 Å². The van der Waals surface area contributed by atoms with Crippen molar-refractivity contribution in [2.75, 3.05) is 10.2 Å². The summed E-state index contributed by atoms with van der Waals surface area (Å²) in [6, 6.07) is 17.0. The first-order chi connectivity index (χ1) is 19.9. The van der Waals surface area contributed by atoms with Gasteiger partial charge in [-0.1, -0.05) is 24.3 Å². The number of aromatic nitrogens is 6. The highest BCUT2D eigenvalue weighted by molar-refractivity contribution is 6.15. The van der Waals surface area contributed by atoms with Crippen molar-refractivity contribution in [2.45, 2.75) is 20.4 Å². The maximum Gasteiger partial charge on any atom is 0.259 e. The second-order valence-corrected chi connectivity index (χ2v) is 10.2. The number of para-hydroxylation sites is 1. The topological polar surface area (TPSA) is 125 Å². The van der Waals surface area contributed by atoms with Crippen molar-refractivity contribution in [1.82, 2.24) is 29.7 Å². The van der Waals surface area contributed by atoms with Gasteiger partial charge in [-0.3, -0.25) is 9.48 Å². The molecular formula is C31H26N8O2. The van der Waals surface area contributed by atoms with Crippen LogP contribution in [0.5, 0.6) is 5.88 Å². The number of amides is 1. The van der Waals surface area contributed by atoms with E-state index in [2.05, 4.69) is 25.4 Å². The molecule has 7 rings (SSSR count). The van der Waals surface area contributed by atoms with Crippen LogP contribution < -0.4 is 10.2 Å². The smallest absolute Gasteiger partial charge is 0.259 e. The molecule has 0 fully saturated rings. The van der Waals surface area contributed by atoms with Crippen LogP contribution >= 0.6 is 0 Å². The third-order valence-electron chi connectivity index (χ3n) is 7.59. The minimum Gasteiger partial charge on any atom is -0.493 e. The molecule has 1 aliphatic heterocycles. The third kappa shape index (κ3) is 4.08. The number of fused-ring (bicyclic) bond motifs is 2. The van der Waals surface area contributed by atoms with Crippen LogP contribution in [0.3, 0.4) is 0 Å². The molecule has 0 aliphatic carbocycles. The first kappa shape index (κ1) is 24.5. The summed E-state index contributed by atoms with van der Waals surface area (Å²) in [5.41, 5.74) is 8.56. The van der Waals surface area contributed by atoms with Crippen molar-refractivity contribution in [1.29, 1.82) is 0 Å². The summed E-state index contributed by atoms with van der Waals surface area (Å²) in [6.45, 7) is 4.37. The van der Waals surface area contributed by atoms with Crippen molar-refractivity contribution < 1.29 is 9.90 Å². The zero-order chi connectivity index (χ0) is 28.2. The highest BCUT2D eigenvalue weighted by Crippen LogP contribution is 2.40. The SMILES string of the molecule is Cc1cnc(Nc2cc(C)n(C)n2)nc1-c1c[nH]c2c(N3Cc4c(cccc4-c4ccnc(O)c4)C3=O)cccc12. The Morgan fingerprint density at radius 2 is 1.83 bits per heavy atom. The third-order valence-corrected chi connectivity index (χ3v) is 7.59. The number of nitrogens with zero attached hydrogens (tertiary/aromatic N) is 6. The molecule has 5 heterocycles. The minimum atomic E-state index is -0.0702. The van der Waals surface area contributed by atoms with E-state index in [-0.39, 0.29) is 11.8 Å². The molecule has 41 heavy (non-hydrogen) atoms. The van der Waals surface area contributed by atoms with Gasteiger partial charge in [-0.15, -0.1) is 0 Å². The van der Waals surface area contributed by atoms with Gasteiger partial charge in [0.05, 0.1) is 23.4 Å².